The number of halogens is 2. The van der Waals surface area contributed by atoms with Gasteiger partial charge in [-0.05, 0) is 36.6 Å². The SMILES string of the molecule is CC#Cc1ccc2c(c1F)Cc1c-2ccc(C)c1F. The molecule has 0 fully saturated rings. The smallest absolute Gasteiger partial charge is 0.142 e. The van der Waals surface area contributed by atoms with E-state index in [1.165, 1.54) is 0 Å². The van der Waals surface area contributed by atoms with Gasteiger partial charge in [0.1, 0.15) is 11.6 Å². The monoisotopic (exact) mass is 254 g/mol. The average molecular weight is 254 g/mol. The Morgan fingerprint density at radius 3 is 2.26 bits per heavy atom. The van der Waals surface area contributed by atoms with E-state index >= 15 is 0 Å². The molecule has 2 aromatic carbocycles. The summed E-state index contributed by atoms with van der Waals surface area (Å²) < 4.78 is 28.4. The highest BCUT2D eigenvalue weighted by Gasteiger charge is 2.26. The van der Waals surface area contributed by atoms with Crippen molar-refractivity contribution in [3.8, 4) is 23.0 Å². The van der Waals surface area contributed by atoms with Crippen molar-refractivity contribution >= 4 is 0 Å². The van der Waals surface area contributed by atoms with E-state index in [0.717, 1.165) is 11.1 Å². The maximum atomic E-state index is 14.3. The minimum atomic E-state index is -0.319. The molecule has 0 bridgehead atoms. The highest BCUT2D eigenvalue weighted by atomic mass is 19.1. The molecule has 0 unspecified atom stereocenters. The summed E-state index contributed by atoms with van der Waals surface area (Å²) in [5, 5.41) is 0. The second-order valence-electron chi connectivity index (χ2n) is 4.73. The molecule has 1 aliphatic rings. The predicted octanol–water partition coefficient (Wildman–Crippen LogP) is 4.22. The molecule has 0 saturated carbocycles. The van der Waals surface area contributed by atoms with Crippen molar-refractivity contribution in [1.82, 2.24) is 0 Å². The molecule has 0 amide bonds. The van der Waals surface area contributed by atoms with Gasteiger partial charge in [0, 0.05) is 17.5 Å². The standard InChI is InChI=1S/C17H12F2/c1-3-4-11-6-8-13-12-7-5-10(2)16(18)14(12)9-15(13)17(11)19/h5-8H,9H2,1-2H3. The van der Waals surface area contributed by atoms with Gasteiger partial charge in [0.25, 0.3) is 0 Å². The van der Waals surface area contributed by atoms with Crippen LogP contribution in [0.5, 0.6) is 0 Å². The van der Waals surface area contributed by atoms with Gasteiger partial charge in [-0.2, -0.15) is 0 Å². The first kappa shape index (κ1) is 11.9. The minimum absolute atomic E-state index is 0.226. The fourth-order valence-corrected chi connectivity index (χ4v) is 2.62. The highest BCUT2D eigenvalue weighted by molar-refractivity contribution is 5.78. The van der Waals surface area contributed by atoms with E-state index in [2.05, 4.69) is 11.8 Å². The summed E-state index contributed by atoms with van der Waals surface area (Å²) in [7, 11) is 0. The first-order valence-corrected chi connectivity index (χ1v) is 6.16. The highest BCUT2D eigenvalue weighted by Crippen LogP contribution is 2.40. The van der Waals surface area contributed by atoms with Crippen molar-refractivity contribution in [1.29, 1.82) is 0 Å². The maximum Gasteiger partial charge on any atom is 0.142 e. The Morgan fingerprint density at radius 1 is 0.947 bits per heavy atom. The van der Waals surface area contributed by atoms with Gasteiger partial charge >= 0.3 is 0 Å². The predicted molar refractivity (Wildman–Crippen MR) is 71.9 cm³/mol. The number of benzene rings is 2. The molecule has 0 aromatic heterocycles. The van der Waals surface area contributed by atoms with E-state index < -0.39 is 0 Å². The molecule has 3 rings (SSSR count). The van der Waals surface area contributed by atoms with Gasteiger partial charge in [-0.3, -0.25) is 0 Å². The normalized spacial score (nSPS) is 11.6. The van der Waals surface area contributed by atoms with E-state index in [1.807, 2.05) is 12.1 Å². The van der Waals surface area contributed by atoms with E-state index in [9.17, 15) is 8.78 Å². The zero-order chi connectivity index (χ0) is 13.6. The quantitative estimate of drug-likeness (QED) is 0.527. The number of hydrogen-bond donors (Lipinski definition) is 0. The van der Waals surface area contributed by atoms with Crippen molar-refractivity contribution in [2.45, 2.75) is 20.3 Å². The summed E-state index contributed by atoms with van der Waals surface area (Å²) >= 11 is 0. The first-order chi connectivity index (χ1) is 9.13. The van der Waals surface area contributed by atoms with Gasteiger partial charge in [-0.1, -0.05) is 24.1 Å². The molecular weight excluding hydrogens is 242 g/mol. The first-order valence-electron chi connectivity index (χ1n) is 6.16. The third-order valence-electron chi connectivity index (χ3n) is 3.58. The zero-order valence-electron chi connectivity index (χ0n) is 10.8. The lowest BCUT2D eigenvalue weighted by Crippen LogP contribution is -1.93. The van der Waals surface area contributed by atoms with E-state index in [1.54, 1.807) is 26.0 Å². The Balaban J connectivity index is 2.25. The topological polar surface area (TPSA) is 0 Å². The molecule has 0 heterocycles. The summed E-state index contributed by atoms with van der Waals surface area (Å²) in [6.45, 7) is 3.40. The van der Waals surface area contributed by atoms with Gasteiger partial charge in [0.15, 0.2) is 0 Å². The number of hydrogen-bond acceptors (Lipinski definition) is 0. The van der Waals surface area contributed by atoms with E-state index in [-0.39, 0.29) is 11.6 Å². The summed E-state index contributed by atoms with van der Waals surface area (Å²) in [6.07, 6.45) is 0.309. The van der Waals surface area contributed by atoms with Crippen LogP contribution in [0.25, 0.3) is 11.1 Å². The Labute approximate surface area is 111 Å². The lowest BCUT2D eigenvalue weighted by atomic mass is 10.0. The molecule has 1 aliphatic carbocycles. The molecule has 0 aliphatic heterocycles. The molecular formula is C17H12F2. The molecule has 2 aromatic rings. The Kier molecular flexibility index (Phi) is 2.64. The van der Waals surface area contributed by atoms with E-state index in [4.69, 9.17) is 0 Å². The zero-order valence-corrected chi connectivity index (χ0v) is 10.8. The van der Waals surface area contributed by atoms with Crippen LogP contribution >= 0.6 is 0 Å². The van der Waals surface area contributed by atoms with Gasteiger partial charge in [0.05, 0.1) is 5.56 Å². The summed E-state index contributed by atoms with van der Waals surface area (Å²) in [4.78, 5) is 0. The molecule has 0 nitrogen and oxygen atoms in total. The van der Waals surface area contributed by atoms with Crippen LogP contribution in [0.4, 0.5) is 8.78 Å². The van der Waals surface area contributed by atoms with Crippen LogP contribution in [-0.4, -0.2) is 0 Å². The van der Waals surface area contributed by atoms with Crippen molar-refractivity contribution < 1.29 is 8.78 Å². The third kappa shape index (κ3) is 1.66. The molecule has 94 valence electrons. The Morgan fingerprint density at radius 2 is 1.58 bits per heavy atom. The molecule has 0 N–H and O–H groups in total. The van der Waals surface area contributed by atoms with Crippen LogP contribution in [0, 0.1) is 30.4 Å². The van der Waals surface area contributed by atoms with Crippen molar-refractivity contribution in [2.24, 2.45) is 0 Å². The minimum Gasteiger partial charge on any atom is -0.206 e. The van der Waals surface area contributed by atoms with Crippen LogP contribution in [0.15, 0.2) is 24.3 Å². The lowest BCUT2D eigenvalue weighted by Gasteiger charge is -2.04. The number of fused-ring (bicyclic) bond motifs is 3. The molecule has 0 radical (unpaired) electrons. The van der Waals surface area contributed by atoms with Crippen molar-refractivity contribution in [2.75, 3.05) is 0 Å². The third-order valence-corrected chi connectivity index (χ3v) is 3.58. The maximum absolute atomic E-state index is 14.3. The fourth-order valence-electron chi connectivity index (χ4n) is 2.62. The summed E-state index contributed by atoms with van der Waals surface area (Å²) in [6, 6.07) is 7.10. The Bertz CT molecular complexity index is 746. The van der Waals surface area contributed by atoms with Gasteiger partial charge in [-0.25, -0.2) is 8.78 Å². The number of rotatable bonds is 0. The van der Waals surface area contributed by atoms with Crippen LogP contribution < -0.4 is 0 Å². The molecule has 0 atom stereocenters. The average Bonchev–Trinajstić information content (AvgIpc) is 2.78. The van der Waals surface area contributed by atoms with Crippen molar-refractivity contribution in [3.05, 3.63) is 58.2 Å². The van der Waals surface area contributed by atoms with Gasteiger partial charge in [0.2, 0.25) is 0 Å². The molecule has 2 heteroatoms. The molecule has 0 saturated heterocycles. The summed E-state index contributed by atoms with van der Waals surface area (Å²) in [5.74, 6) is 4.89. The second-order valence-corrected chi connectivity index (χ2v) is 4.73. The second kappa shape index (κ2) is 4.20. The fraction of sp³-hybridized carbons (Fsp3) is 0.176. The lowest BCUT2D eigenvalue weighted by molar-refractivity contribution is 0.598. The Hall–Kier alpha value is -2.14. The van der Waals surface area contributed by atoms with Gasteiger partial charge in [-0.15, -0.1) is 5.92 Å². The largest absolute Gasteiger partial charge is 0.206 e. The summed E-state index contributed by atoms with van der Waals surface area (Å²) in [5.41, 5.74) is 3.71. The van der Waals surface area contributed by atoms with Gasteiger partial charge < -0.3 is 0 Å². The van der Waals surface area contributed by atoms with Crippen LogP contribution in [-0.2, 0) is 6.42 Å². The van der Waals surface area contributed by atoms with Crippen LogP contribution in [0.3, 0.4) is 0 Å². The van der Waals surface area contributed by atoms with Crippen molar-refractivity contribution in [3.63, 3.8) is 0 Å². The van der Waals surface area contributed by atoms with Crippen LogP contribution in [0.2, 0.25) is 0 Å². The molecule has 0 spiro atoms. The van der Waals surface area contributed by atoms with Crippen LogP contribution in [0.1, 0.15) is 29.2 Å². The number of aryl methyl sites for hydroxylation is 1. The van der Waals surface area contributed by atoms with E-state index in [0.29, 0.717) is 28.7 Å². The molecule has 19 heavy (non-hydrogen) atoms.